The molecular formula is C11H21Cl. The minimum atomic E-state index is 0.927. The van der Waals surface area contributed by atoms with Gasteiger partial charge in [-0.3, -0.25) is 0 Å². The first kappa shape index (κ1) is 14.3. The molecule has 0 aromatic carbocycles. The lowest BCUT2D eigenvalue weighted by Crippen LogP contribution is -1.71. The molecule has 0 fully saturated rings. The zero-order valence-electron chi connectivity index (χ0n) is 8.95. The van der Waals surface area contributed by atoms with Gasteiger partial charge in [-0.25, -0.2) is 0 Å². The Morgan fingerprint density at radius 1 is 1.25 bits per heavy atom. The van der Waals surface area contributed by atoms with E-state index < -0.39 is 0 Å². The first-order valence-electron chi connectivity index (χ1n) is 4.73. The van der Waals surface area contributed by atoms with Crippen molar-refractivity contribution in [3.8, 4) is 0 Å². The Hall–Kier alpha value is -0.230. The smallest absolute Gasteiger partial charge is 0.0180 e. The van der Waals surface area contributed by atoms with Gasteiger partial charge < -0.3 is 0 Å². The lowest BCUT2D eigenvalue weighted by atomic mass is 10.2. The maximum Gasteiger partial charge on any atom is 0.0180 e. The van der Waals surface area contributed by atoms with Crippen LogP contribution in [-0.2, 0) is 0 Å². The van der Waals surface area contributed by atoms with Crippen molar-refractivity contribution in [2.75, 3.05) is 0 Å². The molecule has 1 heteroatoms. The van der Waals surface area contributed by atoms with Gasteiger partial charge in [0.1, 0.15) is 0 Å². The van der Waals surface area contributed by atoms with E-state index >= 15 is 0 Å². The number of halogens is 1. The molecule has 0 radical (unpaired) electrons. The Kier molecular flexibility index (Phi) is 12.8. The van der Waals surface area contributed by atoms with Gasteiger partial charge in [-0.05, 0) is 25.8 Å². The van der Waals surface area contributed by atoms with E-state index in [0.29, 0.717) is 0 Å². The van der Waals surface area contributed by atoms with Crippen molar-refractivity contribution in [2.24, 2.45) is 0 Å². The maximum atomic E-state index is 5.82. The summed E-state index contributed by atoms with van der Waals surface area (Å²) in [5.41, 5.74) is 1.26. The Morgan fingerprint density at radius 2 is 1.75 bits per heavy atom. The summed E-state index contributed by atoms with van der Waals surface area (Å²) in [4.78, 5) is 0. The van der Waals surface area contributed by atoms with Gasteiger partial charge >= 0.3 is 0 Å². The van der Waals surface area contributed by atoms with Crippen LogP contribution in [0.5, 0.6) is 0 Å². The summed E-state index contributed by atoms with van der Waals surface area (Å²) < 4.78 is 0. The highest BCUT2D eigenvalue weighted by Gasteiger charge is 1.86. The largest absolute Gasteiger partial charge is 0.0892 e. The molecule has 0 atom stereocenters. The van der Waals surface area contributed by atoms with Crippen LogP contribution in [0.15, 0.2) is 22.8 Å². The fourth-order valence-electron chi connectivity index (χ4n) is 0.730. The molecule has 0 saturated carbocycles. The topological polar surface area (TPSA) is 0 Å². The summed E-state index contributed by atoms with van der Waals surface area (Å²) in [5, 5.41) is 0.933. The van der Waals surface area contributed by atoms with Crippen molar-refractivity contribution in [1.82, 2.24) is 0 Å². The Labute approximate surface area is 82.3 Å². The zero-order valence-corrected chi connectivity index (χ0v) is 9.70. The maximum absolute atomic E-state index is 5.82. The predicted octanol–water partition coefficient (Wildman–Crippen LogP) is 4.90. The summed E-state index contributed by atoms with van der Waals surface area (Å²) in [5.74, 6) is 0. The molecule has 0 rings (SSSR count). The molecule has 0 aliphatic heterocycles. The molecule has 0 amide bonds. The summed E-state index contributed by atoms with van der Waals surface area (Å²) in [6.07, 6.45) is 6.19. The minimum absolute atomic E-state index is 0.927. The predicted molar refractivity (Wildman–Crippen MR) is 59.6 cm³/mol. The lowest BCUT2D eigenvalue weighted by Gasteiger charge is -1.92. The molecule has 0 heterocycles. The molecule has 0 unspecified atom stereocenters. The molecule has 0 bridgehead atoms. The second-order valence-corrected chi connectivity index (χ2v) is 2.79. The minimum Gasteiger partial charge on any atom is -0.0892 e. The van der Waals surface area contributed by atoms with E-state index in [0.717, 1.165) is 17.9 Å². The van der Waals surface area contributed by atoms with E-state index in [-0.39, 0.29) is 0 Å². The molecule has 0 N–H and O–H groups in total. The van der Waals surface area contributed by atoms with Gasteiger partial charge in [0.05, 0.1) is 0 Å². The van der Waals surface area contributed by atoms with Crippen LogP contribution in [-0.4, -0.2) is 0 Å². The van der Waals surface area contributed by atoms with Gasteiger partial charge in [0.25, 0.3) is 0 Å². The lowest BCUT2D eigenvalue weighted by molar-refractivity contribution is 1.17. The van der Waals surface area contributed by atoms with E-state index in [1.165, 1.54) is 5.57 Å². The van der Waals surface area contributed by atoms with Gasteiger partial charge in [-0.1, -0.05) is 50.9 Å². The van der Waals surface area contributed by atoms with Crippen LogP contribution in [0.4, 0.5) is 0 Å². The highest BCUT2D eigenvalue weighted by Crippen LogP contribution is 2.10. The third-order valence-corrected chi connectivity index (χ3v) is 1.62. The van der Waals surface area contributed by atoms with Crippen molar-refractivity contribution >= 4 is 11.6 Å². The van der Waals surface area contributed by atoms with Crippen LogP contribution in [0, 0.1) is 0 Å². The van der Waals surface area contributed by atoms with Crippen molar-refractivity contribution in [1.29, 1.82) is 0 Å². The quantitative estimate of drug-likeness (QED) is 0.553. The summed E-state index contributed by atoms with van der Waals surface area (Å²) in [7, 11) is 0. The number of allylic oxidation sites excluding steroid dienone is 4. The van der Waals surface area contributed by atoms with Gasteiger partial charge in [-0.15, -0.1) is 0 Å². The second kappa shape index (κ2) is 10.8. The SMILES string of the molecule is CC.CC/C=C(C)\C=C(\Cl)CC. The molecular weight excluding hydrogens is 168 g/mol. The van der Waals surface area contributed by atoms with Crippen molar-refractivity contribution < 1.29 is 0 Å². The van der Waals surface area contributed by atoms with E-state index in [1.54, 1.807) is 0 Å². The highest BCUT2D eigenvalue weighted by atomic mass is 35.5. The second-order valence-electron chi connectivity index (χ2n) is 2.30. The molecule has 0 saturated heterocycles. The third-order valence-electron chi connectivity index (χ3n) is 1.25. The average molecular weight is 189 g/mol. The van der Waals surface area contributed by atoms with Crippen LogP contribution in [0.3, 0.4) is 0 Å². The van der Waals surface area contributed by atoms with E-state index in [9.17, 15) is 0 Å². The standard InChI is InChI=1S/C9H15Cl.C2H6/c1-4-6-8(3)7-9(10)5-2;1-2/h6-7H,4-5H2,1-3H3;1-2H3/b8-6-,9-7+;. The molecule has 0 aromatic rings. The molecule has 0 aromatic heterocycles. The summed E-state index contributed by atoms with van der Waals surface area (Å²) >= 11 is 5.82. The molecule has 12 heavy (non-hydrogen) atoms. The molecule has 0 aliphatic carbocycles. The Balaban J connectivity index is 0. The summed E-state index contributed by atoms with van der Waals surface area (Å²) in [6.45, 7) is 10.2. The van der Waals surface area contributed by atoms with Crippen molar-refractivity contribution in [2.45, 2.75) is 47.5 Å². The van der Waals surface area contributed by atoms with Gasteiger partial charge in [0.2, 0.25) is 0 Å². The van der Waals surface area contributed by atoms with Crippen LogP contribution < -0.4 is 0 Å². The first-order chi connectivity index (χ1) is 5.70. The normalized spacial score (nSPS) is 12.2. The van der Waals surface area contributed by atoms with E-state index in [1.807, 2.05) is 19.9 Å². The Bertz CT molecular complexity index is 143. The third kappa shape index (κ3) is 9.77. The van der Waals surface area contributed by atoms with Gasteiger partial charge in [0.15, 0.2) is 0 Å². The first-order valence-corrected chi connectivity index (χ1v) is 5.11. The van der Waals surface area contributed by atoms with E-state index in [2.05, 4.69) is 26.8 Å². The Morgan fingerprint density at radius 3 is 2.08 bits per heavy atom. The molecule has 0 aliphatic rings. The summed E-state index contributed by atoms with van der Waals surface area (Å²) in [6, 6.07) is 0. The average Bonchev–Trinajstić information content (AvgIpc) is 2.08. The fraction of sp³-hybridized carbons (Fsp3) is 0.636. The fourth-order valence-corrected chi connectivity index (χ4v) is 0.902. The van der Waals surface area contributed by atoms with Crippen molar-refractivity contribution in [3.63, 3.8) is 0 Å². The van der Waals surface area contributed by atoms with Crippen LogP contribution in [0.25, 0.3) is 0 Å². The zero-order chi connectivity index (χ0) is 9.98. The number of hydrogen-bond acceptors (Lipinski definition) is 0. The highest BCUT2D eigenvalue weighted by molar-refractivity contribution is 6.29. The van der Waals surface area contributed by atoms with Crippen LogP contribution in [0.2, 0.25) is 0 Å². The van der Waals surface area contributed by atoms with Gasteiger partial charge in [0, 0.05) is 5.03 Å². The van der Waals surface area contributed by atoms with Gasteiger partial charge in [-0.2, -0.15) is 0 Å². The van der Waals surface area contributed by atoms with E-state index in [4.69, 9.17) is 11.6 Å². The number of hydrogen-bond donors (Lipinski definition) is 0. The van der Waals surface area contributed by atoms with Crippen LogP contribution in [0.1, 0.15) is 47.5 Å². The molecule has 0 nitrogen and oxygen atoms in total. The monoisotopic (exact) mass is 188 g/mol. The molecule has 72 valence electrons. The van der Waals surface area contributed by atoms with Crippen molar-refractivity contribution in [3.05, 3.63) is 22.8 Å². The molecule has 0 spiro atoms. The number of rotatable bonds is 3. The van der Waals surface area contributed by atoms with Crippen LogP contribution >= 0.6 is 11.6 Å².